The van der Waals surface area contributed by atoms with Crippen molar-refractivity contribution in [2.45, 2.75) is 6.61 Å². The van der Waals surface area contributed by atoms with Crippen LogP contribution >= 0.6 is 0 Å². The van der Waals surface area contributed by atoms with Crippen LogP contribution in [0.2, 0.25) is 0 Å². The summed E-state index contributed by atoms with van der Waals surface area (Å²) in [5.41, 5.74) is 0.595. The number of pyridine rings is 1. The maximum Gasteiger partial charge on any atom is 1.00 e. The Bertz CT molecular complexity index is 265. The van der Waals surface area contributed by atoms with Crippen LogP contribution in [-0.2, 0) is 6.61 Å². The predicted molar refractivity (Wildman–Crippen MR) is 38.2 cm³/mol. The second-order valence-corrected chi connectivity index (χ2v) is 2.00. The molecule has 0 spiro atoms. The van der Waals surface area contributed by atoms with E-state index >= 15 is 0 Å². The van der Waals surface area contributed by atoms with Crippen LogP contribution in [0.15, 0.2) is 18.3 Å². The van der Waals surface area contributed by atoms with Crippen LogP contribution < -0.4 is 51.4 Å². The monoisotopic (exact) mass is 193 g/mol. The van der Waals surface area contributed by atoms with E-state index in [-0.39, 0.29) is 65.0 Å². The van der Waals surface area contributed by atoms with Gasteiger partial charge in [-0.3, -0.25) is 4.98 Å². The summed E-state index contributed by atoms with van der Waals surface area (Å²) < 4.78 is 0. The van der Waals surface area contributed by atoms with Gasteiger partial charge in [-0.05, 0) is 12.1 Å². The number of carbonyl (C=O) groups is 1. The van der Waals surface area contributed by atoms with Crippen LogP contribution in [0.3, 0.4) is 0 Å². The molecule has 0 saturated heterocycles. The molecule has 60 valence electrons. The Hall–Kier alpha value is 0.216. The number of aromatic carboxylic acids is 1. The molecule has 0 aromatic carbocycles. The molecule has 2 N–H and O–H groups in total. The van der Waals surface area contributed by atoms with Gasteiger partial charge in [0.2, 0.25) is 0 Å². The zero-order valence-corrected chi connectivity index (χ0v) is 9.81. The first-order valence-corrected chi connectivity index (χ1v) is 3.03. The first kappa shape index (κ1) is 12.2. The summed E-state index contributed by atoms with van der Waals surface area (Å²) >= 11 is 0. The summed E-state index contributed by atoms with van der Waals surface area (Å²) in [7, 11) is 0. The van der Waals surface area contributed by atoms with Crippen molar-refractivity contribution in [1.82, 2.24) is 4.98 Å². The van der Waals surface area contributed by atoms with Crippen LogP contribution in [0.1, 0.15) is 17.5 Å². The Balaban J connectivity index is 0. The molecular formula is C7H8KNO3. The number of rotatable bonds is 2. The van der Waals surface area contributed by atoms with Gasteiger partial charge in [-0.25, -0.2) is 4.79 Å². The van der Waals surface area contributed by atoms with E-state index < -0.39 is 5.97 Å². The maximum atomic E-state index is 10.3. The summed E-state index contributed by atoms with van der Waals surface area (Å²) in [4.78, 5) is 14.0. The van der Waals surface area contributed by atoms with Crippen molar-refractivity contribution in [3.63, 3.8) is 0 Å². The molecule has 0 aliphatic heterocycles. The molecule has 0 amide bonds. The third kappa shape index (κ3) is 3.30. The fraction of sp³-hybridized carbons (Fsp3) is 0.143. The molecule has 1 aromatic heterocycles. The molecule has 0 radical (unpaired) electrons. The number of carboxylic acid groups (broad SMARTS) is 1. The first-order chi connectivity index (χ1) is 5.24. The fourth-order valence-corrected chi connectivity index (χ4v) is 0.645. The third-order valence-electron chi connectivity index (χ3n) is 1.23. The molecule has 1 rings (SSSR count). The zero-order valence-electron chi connectivity index (χ0n) is 7.69. The second kappa shape index (κ2) is 5.79. The molecule has 1 aromatic rings. The molecular weight excluding hydrogens is 185 g/mol. The van der Waals surface area contributed by atoms with E-state index in [4.69, 9.17) is 10.2 Å². The Morgan fingerprint density at radius 2 is 2.25 bits per heavy atom. The molecule has 4 nitrogen and oxygen atoms in total. The molecule has 0 atom stereocenters. The van der Waals surface area contributed by atoms with Gasteiger partial charge in [0.1, 0.15) is 0 Å². The molecule has 0 aliphatic carbocycles. The van der Waals surface area contributed by atoms with Gasteiger partial charge in [0, 0.05) is 6.20 Å². The molecule has 1 heterocycles. The fourth-order valence-electron chi connectivity index (χ4n) is 0.645. The van der Waals surface area contributed by atoms with Crippen molar-refractivity contribution in [2.24, 2.45) is 0 Å². The van der Waals surface area contributed by atoms with Crippen LogP contribution in [0.25, 0.3) is 0 Å². The number of carboxylic acids is 1. The van der Waals surface area contributed by atoms with E-state index in [0.29, 0.717) is 5.69 Å². The van der Waals surface area contributed by atoms with E-state index in [2.05, 4.69) is 4.98 Å². The Morgan fingerprint density at radius 3 is 2.58 bits per heavy atom. The summed E-state index contributed by atoms with van der Waals surface area (Å²) in [6, 6.07) is 2.88. The van der Waals surface area contributed by atoms with Crippen LogP contribution in [0.5, 0.6) is 0 Å². The maximum absolute atomic E-state index is 10.3. The molecule has 0 saturated carbocycles. The van der Waals surface area contributed by atoms with Gasteiger partial charge in [-0.1, -0.05) is 0 Å². The predicted octanol–water partition coefficient (Wildman–Crippen LogP) is -2.61. The minimum absolute atomic E-state index is 0. The van der Waals surface area contributed by atoms with Gasteiger partial charge >= 0.3 is 57.4 Å². The molecule has 0 fully saturated rings. The van der Waals surface area contributed by atoms with E-state index in [1.165, 1.54) is 18.3 Å². The van der Waals surface area contributed by atoms with Crippen LogP contribution in [-0.4, -0.2) is 21.2 Å². The van der Waals surface area contributed by atoms with Gasteiger partial charge in [0.15, 0.2) is 0 Å². The van der Waals surface area contributed by atoms with Crippen molar-refractivity contribution in [3.8, 4) is 0 Å². The van der Waals surface area contributed by atoms with Crippen molar-refractivity contribution in [2.75, 3.05) is 0 Å². The minimum Gasteiger partial charge on any atom is -1.00 e. The Labute approximate surface area is 114 Å². The molecule has 0 unspecified atom stereocenters. The Morgan fingerprint density at radius 1 is 1.58 bits per heavy atom. The molecule has 5 heteroatoms. The van der Waals surface area contributed by atoms with E-state index in [1.807, 2.05) is 0 Å². The number of aromatic nitrogens is 1. The van der Waals surface area contributed by atoms with Crippen molar-refractivity contribution in [3.05, 3.63) is 29.6 Å². The largest absolute Gasteiger partial charge is 1.00 e. The number of aliphatic hydroxyl groups excluding tert-OH is 1. The molecule has 0 bridgehead atoms. The smallest absolute Gasteiger partial charge is 1.00 e. The van der Waals surface area contributed by atoms with Crippen LogP contribution in [0, 0.1) is 0 Å². The minimum atomic E-state index is -1.01. The van der Waals surface area contributed by atoms with Gasteiger partial charge in [-0.15, -0.1) is 0 Å². The SMILES string of the molecule is O=C(O)c1ccc(CO)nc1.[H-].[K+]. The van der Waals surface area contributed by atoms with Gasteiger partial charge in [0.25, 0.3) is 0 Å². The van der Waals surface area contributed by atoms with Gasteiger partial charge in [-0.2, -0.15) is 0 Å². The number of hydrogen-bond donors (Lipinski definition) is 2. The van der Waals surface area contributed by atoms with Gasteiger partial charge < -0.3 is 11.6 Å². The number of nitrogens with zero attached hydrogens (tertiary/aromatic N) is 1. The number of hydrogen-bond acceptors (Lipinski definition) is 3. The standard InChI is InChI=1S/C7H7NO3.K.H/c9-4-6-2-1-5(3-8-6)7(10)11;;/h1-3,9H,4H2,(H,10,11);;/q;+1;-1. The normalized spacial score (nSPS) is 8.75. The van der Waals surface area contributed by atoms with E-state index in [1.54, 1.807) is 0 Å². The van der Waals surface area contributed by atoms with E-state index in [0.717, 1.165) is 0 Å². The summed E-state index contributed by atoms with van der Waals surface area (Å²) in [5.74, 6) is -1.01. The van der Waals surface area contributed by atoms with Crippen molar-refractivity contribution in [1.29, 1.82) is 0 Å². The molecule has 0 aliphatic rings. The van der Waals surface area contributed by atoms with Gasteiger partial charge in [0.05, 0.1) is 17.9 Å². The van der Waals surface area contributed by atoms with Crippen molar-refractivity contribution < 1.29 is 67.8 Å². The van der Waals surface area contributed by atoms with E-state index in [9.17, 15) is 4.79 Å². The van der Waals surface area contributed by atoms with Crippen molar-refractivity contribution >= 4 is 5.97 Å². The molecule has 12 heavy (non-hydrogen) atoms. The average Bonchev–Trinajstić information content (AvgIpc) is 2.05. The summed E-state index contributed by atoms with van der Waals surface area (Å²) in [6.45, 7) is -0.167. The zero-order chi connectivity index (χ0) is 8.27. The van der Waals surface area contributed by atoms with Crippen LogP contribution in [0.4, 0.5) is 0 Å². The quantitative estimate of drug-likeness (QED) is 0.505. The number of aliphatic hydroxyl groups is 1. The summed E-state index contributed by atoms with van der Waals surface area (Å²) in [6.07, 6.45) is 1.22. The first-order valence-electron chi connectivity index (χ1n) is 3.03. The third-order valence-corrected chi connectivity index (χ3v) is 1.23. The average molecular weight is 193 g/mol. The Kier molecular flexibility index (Phi) is 5.90. The topological polar surface area (TPSA) is 70.4 Å². The second-order valence-electron chi connectivity index (χ2n) is 2.00. The summed E-state index contributed by atoms with van der Waals surface area (Å²) in [5, 5.41) is 17.0.